The van der Waals surface area contributed by atoms with Crippen molar-refractivity contribution in [2.24, 2.45) is 4.99 Å². The molecule has 1 heterocycles. The minimum atomic E-state index is -0.562. The van der Waals surface area contributed by atoms with Crippen molar-refractivity contribution in [2.75, 3.05) is 0 Å². The molecule has 0 spiro atoms. The average Bonchev–Trinajstić information content (AvgIpc) is 2.97. The highest BCUT2D eigenvalue weighted by Crippen LogP contribution is 2.27. The van der Waals surface area contributed by atoms with Crippen molar-refractivity contribution in [1.29, 1.82) is 0 Å². The van der Waals surface area contributed by atoms with Crippen LogP contribution in [0.2, 0.25) is 0 Å². The number of aliphatic imine (C=N–C) groups is 1. The number of carbonyl (C=O) groups is 1. The van der Waals surface area contributed by atoms with Crippen molar-refractivity contribution in [2.45, 2.75) is 6.92 Å². The summed E-state index contributed by atoms with van der Waals surface area (Å²) in [6.45, 7) is 1.69. The molecule has 0 fully saturated rings. The number of cyclic esters (lactones) is 1. The topological polar surface area (TPSA) is 81.8 Å². The van der Waals surface area contributed by atoms with Crippen LogP contribution in [0.3, 0.4) is 0 Å². The third-order valence-electron chi connectivity index (χ3n) is 3.46. The van der Waals surface area contributed by atoms with Crippen LogP contribution in [0.4, 0.5) is 5.69 Å². The number of carbonyl (C=O) groups excluding carboxylic acids is 1. The zero-order valence-corrected chi connectivity index (χ0v) is 12.2. The SMILES string of the molecule is C/C(=C1/N=C(c2ccccc2)OC1=O)c1cccc([N+](=O)[O-])c1. The number of non-ortho nitro benzene ring substituents is 1. The Bertz CT molecular complexity index is 854. The third kappa shape index (κ3) is 2.87. The summed E-state index contributed by atoms with van der Waals surface area (Å²) >= 11 is 0. The van der Waals surface area contributed by atoms with E-state index in [1.54, 1.807) is 31.2 Å². The second-order valence-electron chi connectivity index (χ2n) is 4.95. The van der Waals surface area contributed by atoms with Gasteiger partial charge in [0, 0.05) is 17.7 Å². The Kier molecular flexibility index (Phi) is 3.72. The third-order valence-corrected chi connectivity index (χ3v) is 3.46. The van der Waals surface area contributed by atoms with E-state index in [0.717, 1.165) is 0 Å². The Labute approximate surface area is 131 Å². The highest BCUT2D eigenvalue weighted by Gasteiger charge is 2.26. The maximum absolute atomic E-state index is 12.1. The van der Waals surface area contributed by atoms with E-state index in [2.05, 4.69) is 4.99 Å². The van der Waals surface area contributed by atoms with Gasteiger partial charge in [-0.15, -0.1) is 0 Å². The standard InChI is InChI=1S/C17H12N2O4/c1-11(13-8-5-9-14(10-13)19(21)22)15-17(20)23-16(18-15)12-6-3-2-4-7-12/h2-10H,1H3/b15-11-. The minimum Gasteiger partial charge on any atom is -0.402 e. The molecule has 0 N–H and O–H groups in total. The summed E-state index contributed by atoms with van der Waals surface area (Å²) in [4.78, 5) is 26.7. The lowest BCUT2D eigenvalue weighted by atomic mass is 10.0. The first-order valence-corrected chi connectivity index (χ1v) is 6.88. The van der Waals surface area contributed by atoms with Crippen molar-refractivity contribution in [3.8, 4) is 0 Å². The van der Waals surface area contributed by atoms with Crippen LogP contribution in [0.15, 0.2) is 65.3 Å². The number of rotatable bonds is 3. The second kappa shape index (κ2) is 5.84. The van der Waals surface area contributed by atoms with Crippen molar-refractivity contribution in [3.63, 3.8) is 0 Å². The van der Waals surface area contributed by atoms with Crippen LogP contribution in [0, 0.1) is 10.1 Å². The number of benzene rings is 2. The van der Waals surface area contributed by atoms with Crippen LogP contribution >= 0.6 is 0 Å². The van der Waals surface area contributed by atoms with Gasteiger partial charge in [0.05, 0.1) is 4.92 Å². The summed E-state index contributed by atoms with van der Waals surface area (Å²) in [6, 6.07) is 15.1. The van der Waals surface area contributed by atoms with Crippen molar-refractivity contribution in [3.05, 3.63) is 81.5 Å². The van der Waals surface area contributed by atoms with Crippen LogP contribution in [0.25, 0.3) is 5.57 Å². The molecule has 0 aliphatic carbocycles. The molecule has 1 aliphatic heterocycles. The number of esters is 1. The lowest BCUT2D eigenvalue weighted by Gasteiger charge is -2.02. The molecule has 0 saturated heterocycles. The lowest BCUT2D eigenvalue weighted by molar-refractivity contribution is -0.384. The summed E-state index contributed by atoms with van der Waals surface area (Å²) in [6.07, 6.45) is 0. The fourth-order valence-electron chi connectivity index (χ4n) is 2.24. The quantitative estimate of drug-likeness (QED) is 0.377. The number of nitro groups is 1. The van der Waals surface area contributed by atoms with Crippen LogP contribution < -0.4 is 0 Å². The van der Waals surface area contributed by atoms with Gasteiger partial charge in [-0.25, -0.2) is 9.79 Å². The number of nitrogens with zero attached hydrogens (tertiary/aromatic N) is 2. The summed E-state index contributed by atoms with van der Waals surface area (Å²) in [5, 5.41) is 10.9. The van der Waals surface area contributed by atoms with Crippen LogP contribution in [0.1, 0.15) is 18.1 Å². The van der Waals surface area contributed by atoms with E-state index in [1.165, 1.54) is 12.1 Å². The maximum Gasteiger partial charge on any atom is 0.364 e. The van der Waals surface area contributed by atoms with E-state index in [1.807, 2.05) is 18.2 Å². The van der Waals surface area contributed by atoms with Crippen LogP contribution in [-0.4, -0.2) is 16.8 Å². The number of hydrogen-bond acceptors (Lipinski definition) is 5. The first-order chi connectivity index (χ1) is 11.1. The monoisotopic (exact) mass is 308 g/mol. The Hall–Kier alpha value is -3.28. The van der Waals surface area contributed by atoms with Crippen LogP contribution in [0.5, 0.6) is 0 Å². The highest BCUT2D eigenvalue weighted by atomic mass is 16.6. The molecule has 0 aromatic heterocycles. The van der Waals surface area contributed by atoms with Gasteiger partial charge in [0.15, 0.2) is 5.70 Å². The van der Waals surface area contributed by atoms with Gasteiger partial charge < -0.3 is 4.74 Å². The molecule has 2 aromatic carbocycles. The number of allylic oxidation sites excluding steroid dienone is 1. The summed E-state index contributed by atoms with van der Waals surface area (Å²) in [7, 11) is 0. The fourth-order valence-corrected chi connectivity index (χ4v) is 2.24. The average molecular weight is 308 g/mol. The number of nitro benzene ring substituents is 1. The molecule has 0 unspecified atom stereocenters. The number of hydrogen-bond donors (Lipinski definition) is 0. The summed E-state index contributed by atoms with van der Waals surface area (Å²) in [5.41, 5.74) is 1.90. The van der Waals surface area contributed by atoms with Gasteiger partial charge in [-0.2, -0.15) is 0 Å². The van der Waals surface area contributed by atoms with E-state index in [9.17, 15) is 14.9 Å². The Morgan fingerprint density at radius 3 is 2.57 bits per heavy atom. The number of ether oxygens (including phenoxy) is 1. The Morgan fingerprint density at radius 2 is 1.87 bits per heavy atom. The van der Waals surface area contributed by atoms with Crippen molar-refractivity contribution >= 4 is 23.1 Å². The fraction of sp³-hybridized carbons (Fsp3) is 0.0588. The Morgan fingerprint density at radius 1 is 1.13 bits per heavy atom. The van der Waals surface area contributed by atoms with Gasteiger partial charge in [-0.1, -0.05) is 30.3 Å². The van der Waals surface area contributed by atoms with Gasteiger partial charge in [0.25, 0.3) is 5.69 Å². The largest absolute Gasteiger partial charge is 0.402 e. The Balaban J connectivity index is 2.03. The molecule has 0 radical (unpaired) electrons. The summed E-state index contributed by atoms with van der Waals surface area (Å²) < 4.78 is 5.20. The molecule has 23 heavy (non-hydrogen) atoms. The second-order valence-corrected chi connectivity index (χ2v) is 4.95. The van der Waals surface area contributed by atoms with Crippen molar-refractivity contribution in [1.82, 2.24) is 0 Å². The lowest BCUT2D eigenvalue weighted by Crippen LogP contribution is -2.05. The van der Waals surface area contributed by atoms with Gasteiger partial charge >= 0.3 is 5.97 Å². The molecule has 114 valence electrons. The maximum atomic E-state index is 12.1. The molecule has 6 heteroatoms. The molecule has 1 aliphatic rings. The van der Waals surface area contributed by atoms with Gasteiger partial charge in [-0.3, -0.25) is 10.1 Å². The van der Waals surface area contributed by atoms with Gasteiger partial charge in [0.2, 0.25) is 5.90 Å². The predicted octanol–water partition coefficient (Wildman–Crippen LogP) is 3.33. The summed E-state index contributed by atoms with van der Waals surface area (Å²) in [5.74, 6) is -0.330. The molecular weight excluding hydrogens is 296 g/mol. The molecule has 2 aromatic rings. The van der Waals surface area contributed by atoms with E-state index in [-0.39, 0.29) is 17.3 Å². The first-order valence-electron chi connectivity index (χ1n) is 6.88. The molecular formula is C17H12N2O4. The van der Waals surface area contributed by atoms with Gasteiger partial charge in [-0.05, 0) is 30.2 Å². The normalized spacial score (nSPS) is 15.9. The zero-order chi connectivity index (χ0) is 16.4. The van der Waals surface area contributed by atoms with E-state index >= 15 is 0 Å². The van der Waals surface area contributed by atoms with E-state index in [4.69, 9.17) is 4.74 Å². The molecule has 3 rings (SSSR count). The minimum absolute atomic E-state index is 0.0407. The highest BCUT2D eigenvalue weighted by molar-refractivity contribution is 6.14. The first kappa shape index (κ1) is 14.6. The zero-order valence-electron chi connectivity index (χ0n) is 12.2. The predicted molar refractivity (Wildman–Crippen MR) is 84.8 cm³/mol. The van der Waals surface area contributed by atoms with Crippen molar-refractivity contribution < 1.29 is 14.5 Å². The molecule has 0 bridgehead atoms. The van der Waals surface area contributed by atoms with Gasteiger partial charge in [0.1, 0.15) is 0 Å². The van der Waals surface area contributed by atoms with Crippen LogP contribution in [-0.2, 0) is 9.53 Å². The van der Waals surface area contributed by atoms with E-state index in [0.29, 0.717) is 16.7 Å². The molecule has 0 amide bonds. The molecule has 0 saturated carbocycles. The molecule has 6 nitrogen and oxygen atoms in total. The van der Waals surface area contributed by atoms with E-state index < -0.39 is 10.9 Å². The molecule has 0 atom stereocenters. The smallest absolute Gasteiger partial charge is 0.364 e.